The van der Waals surface area contributed by atoms with E-state index >= 15 is 0 Å². The van der Waals surface area contributed by atoms with Gasteiger partial charge in [0.2, 0.25) is 0 Å². The topological polar surface area (TPSA) is 53.0 Å². The van der Waals surface area contributed by atoms with Gasteiger partial charge in [0.05, 0.1) is 12.8 Å². The van der Waals surface area contributed by atoms with Crippen LogP contribution in [0.25, 0.3) is 6.08 Å². The van der Waals surface area contributed by atoms with Crippen molar-refractivity contribution in [2.45, 2.75) is 6.54 Å². The van der Waals surface area contributed by atoms with E-state index in [-0.39, 0.29) is 0 Å². The summed E-state index contributed by atoms with van der Waals surface area (Å²) in [6, 6.07) is 16.2. The van der Waals surface area contributed by atoms with E-state index in [9.17, 15) is 4.79 Å². The molecule has 1 heterocycles. The summed E-state index contributed by atoms with van der Waals surface area (Å²) in [5, 5.41) is 8.68. The smallest absolute Gasteiger partial charge is 0.328 e. The van der Waals surface area contributed by atoms with Crippen molar-refractivity contribution < 1.29 is 14.6 Å². The van der Waals surface area contributed by atoms with Crippen LogP contribution in [-0.4, -0.2) is 49.3 Å². The van der Waals surface area contributed by atoms with Gasteiger partial charge in [0.25, 0.3) is 0 Å². The second-order valence-electron chi connectivity index (χ2n) is 6.35. The van der Waals surface area contributed by atoms with Gasteiger partial charge in [-0.25, -0.2) is 4.79 Å². The van der Waals surface area contributed by atoms with Crippen LogP contribution in [0.1, 0.15) is 11.1 Å². The summed E-state index contributed by atoms with van der Waals surface area (Å²) in [4.78, 5) is 15.4. The third kappa shape index (κ3) is 4.64. The second kappa shape index (κ2) is 8.54. The molecule has 0 radical (unpaired) electrons. The first-order valence-electron chi connectivity index (χ1n) is 8.76. The Morgan fingerprint density at radius 1 is 1.08 bits per heavy atom. The van der Waals surface area contributed by atoms with Crippen LogP contribution in [0, 0.1) is 0 Å². The number of hydrogen-bond donors (Lipinski definition) is 1. The fourth-order valence-corrected chi connectivity index (χ4v) is 3.20. The highest BCUT2D eigenvalue weighted by atomic mass is 16.5. The van der Waals surface area contributed by atoms with Crippen LogP contribution in [0.4, 0.5) is 5.69 Å². The fraction of sp³-hybridized carbons (Fsp3) is 0.286. The average Bonchev–Trinajstić information content (AvgIpc) is 2.68. The highest BCUT2D eigenvalue weighted by Crippen LogP contribution is 2.28. The lowest BCUT2D eigenvalue weighted by Gasteiger charge is -2.36. The zero-order chi connectivity index (χ0) is 18.4. The normalized spacial score (nSPS) is 15.3. The van der Waals surface area contributed by atoms with Crippen LogP contribution in [-0.2, 0) is 11.3 Å². The van der Waals surface area contributed by atoms with E-state index in [1.165, 1.54) is 5.56 Å². The van der Waals surface area contributed by atoms with Gasteiger partial charge in [-0.05, 0) is 29.3 Å². The molecule has 0 spiro atoms. The van der Waals surface area contributed by atoms with Crippen molar-refractivity contribution in [3.05, 3.63) is 65.7 Å². The monoisotopic (exact) mass is 352 g/mol. The molecule has 1 fully saturated rings. The number of hydrogen-bond acceptors (Lipinski definition) is 4. The standard InChI is InChI=1S/C21H24N2O3/c1-26-20-5-3-2-4-19(20)23-14-12-22(13-15-23)16-18-8-6-17(7-9-18)10-11-21(24)25/h2-11H,12-16H2,1H3,(H,24,25). The molecule has 0 aliphatic carbocycles. The highest BCUT2D eigenvalue weighted by Gasteiger charge is 2.19. The molecule has 2 aromatic rings. The van der Waals surface area contributed by atoms with Gasteiger partial charge in [-0.15, -0.1) is 0 Å². The molecule has 136 valence electrons. The Bertz CT molecular complexity index is 763. The lowest BCUT2D eigenvalue weighted by atomic mass is 10.1. The molecular formula is C21H24N2O3. The third-order valence-electron chi connectivity index (χ3n) is 4.60. The van der Waals surface area contributed by atoms with Crippen LogP contribution in [0.3, 0.4) is 0 Å². The molecule has 0 saturated carbocycles. The van der Waals surface area contributed by atoms with Crippen molar-refractivity contribution in [3.63, 3.8) is 0 Å². The van der Waals surface area contributed by atoms with Crippen LogP contribution in [0.5, 0.6) is 5.75 Å². The molecule has 5 nitrogen and oxygen atoms in total. The Kier molecular flexibility index (Phi) is 5.92. The summed E-state index contributed by atoms with van der Waals surface area (Å²) in [5.41, 5.74) is 3.30. The molecule has 0 unspecified atom stereocenters. The highest BCUT2D eigenvalue weighted by molar-refractivity contribution is 5.85. The third-order valence-corrected chi connectivity index (χ3v) is 4.60. The number of rotatable bonds is 6. The molecule has 0 aromatic heterocycles. The zero-order valence-electron chi connectivity index (χ0n) is 15.0. The van der Waals surface area contributed by atoms with E-state index in [0.717, 1.165) is 55.8 Å². The van der Waals surface area contributed by atoms with Gasteiger partial charge in [-0.3, -0.25) is 4.90 Å². The minimum atomic E-state index is -0.929. The van der Waals surface area contributed by atoms with Gasteiger partial charge in [-0.2, -0.15) is 0 Å². The van der Waals surface area contributed by atoms with Crippen LogP contribution in [0.15, 0.2) is 54.6 Å². The molecule has 2 aromatic carbocycles. The van der Waals surface area contributed by atoms with Crippen molar-refractivity contribution in [2.24, 2.45) is 0 Å². The van der Waals surface area contributed by atoms with Gasteiger partial charge in [0.1, 0.15) is 5.75 Å². The van der Waals surface area contributed by atoms with E-state index in [1.54, 1.807) is 13.2 Å². The predicted octanol–water partition coefficient (Wildman–Crippen LogP) is 3.12. The van der Waals surface area contributed by atoms with E-state index in [4.69, 9.17) is 9.84 Å². The molecule has 3 rings (SSSR count). The number of anilines is 1. The summed E-state index contributed by atoms with van der Waals surface area (Å²) < 4.78 is 5.47. The number of carboxylic acid groups (broad SMARTS) is 1. The van der Waals surface area contributed by atoms with Crippen molar-refractivity contribution in [2.75, 3.05) is 38.2 Å². The summed E-state index contributed by atoms with van der Waals surface area (Å²) in [5.74, 6) is -0.00653. The quantitative estimate of drug-likeness (QED) is 0.810. The fourth-order valence-electron chi connectivity index (χ4n) is 3.20. The predicted molar refractivity (Wildman–Crippen MR) is 104 cm³/mol. The number of piperazine rings is 1. The lowest BCUT2D eigenvalue weighted by Crippen LogP contribution is -2.46. The molecule has 1 aliphatic rings. The zero-order valence-corrected chi connectivity index (χ0v) is 15.0. The van der Waals surface area contributed by atoms with Gasteiger partial charge >= 0.3 is 5.97 Å². The Labute approximate surface area is 154 Å². The number of benzene rings is 2. The number of methoxy groups -OCH3 is 1. The first kappa shape index (κ1) is 18.0. The van der Waals surface area contributed by atoms with Gasteiger partial charge in [-0.1, -0.05) is 36.4 Å². The van der Waals surface area contributed by atoms with Crippen LogP contribution in [0.2, 0.25) is 0 Å². The molecule has 0 amide bonds. The molecule has 0 bridgehead atoms. The Balaban J connectivity index is 1.55. The average molecular weight is 352 g/mol. The largest absolute Gasteiger partial charge is 0.495 e. The maximum Gasteiger partial charge on any atom is 0.328 e. The van der Waals surface area contributed by atoms with Crippen molar-refractivity contribution in [1.82, 2.24) is 4.90 Å². The first-order chi connectivity index (χ1) is 12.7. The Hall–Kier alpha value is -2.79. The summed E-state index contributed by atoms with van der Waals surface area (Å²) >= 11 is 0. The molecule has 0 atom stereocenters. The van der Waals surface area contributed by atoms with E-state index < -0.39 is 5.97 Å². The van der Waals surface area contributed by atoms with Crippen molar-refractivity contribution in [3.8, 4) is 5.75 Å². The molecule has 1 saturated heterocycles. The maximum absolute atomic E-state index is 10.6. The molecule has 1 aliphatic heterocycles. The van der Waals surface area contributed by atoms with Crippen molar-refractivity contribution in [1.29, 1.82) is 0 Å². The molecule has 1 N–H and O–H groups in total. The molecular weight excluding hydrogens is 328 g/mol. The minimum Gasteiger partial charge on any atom is -0.495 e. The number of carboxylic acids is 1. The molecule has 5 heteroatoms. The number of ether oxygens (including phenoxy) is 1. The lowest BCUT2D eigenvalue weighted by molar-refractivity contribution is -0.131. The minimum absolute atomic E-state index is 0.900. The summed E-state index contributed by atoms with van der Waals surface area (Å²) in [7, 11) is 1.71. The van der Waals surface area contributed by atoms with Crippen LogP contribution >= 0.6 is 0 Å². The molecule has 26 heavy (non-hydrogen) atoms. The van der Waals surface area contributed by atoms with Crippen molar-refractivity contribution >= 4 is 17.7 Å². The van der Waals surface area contributed by atoms with E-state index in [0.29, 0.717) is 0 Å². The number of aliphatic carboxylic acids is 1. The van der Waals surface area contributed by atoms with E-state index in [2.05, 4.69) is 28.0 Å². The van der Waals surface area contributed by atoms with Gasteiger partial charge in [0.15, 0.2) is 0 Å². The Morgan fingerprint density at radius 3 is 2.42 bits per heavy atom. The SMILES string of the molecule is COc1ccccc1N1CCN(Cc2ccc(C=CC(=O)O)cc2)CC1. The van der Waals surface area contributed by atoms with Gasteiger partial charge in [0, 0.05) is 38.8 Å². The summed E-state index contributed by atoms with van der Waals surface area (Å²) in [6.45, 7) is 4.85. The number of nitrogens with zero attached hydrogens (tertiary/aromatic N) is 2. The van der Waals surface area contributed by atoms with E-state index in [1.807, 2.05) is 30.3 Å². The number of carbonyl (C=O) groups is 1. The Morgan fingerprint density at radius 2 is 1.77 bits per heavy atom. The van der Waals surface area contributed by atoms with Gasteiger partial charge < -0.3 is 14.7 Å². The second-order valence-corrected chi connectivity index (χ2v) is 6.35. The number of para-hydroxylation sites is 2. The first-order valence-corrected chi connectivity index (χ1v) is 8.76. The maximum atomic E-state index is 10.6. The summed E-state index contributed by atoms with van der Waals surface area (Å²) in [6.07, 6.45) is 2.77. The van der Waals surface area contributed by atoms with Crippen LogP contribution < -0.4 is 9.64 Å².